The smallest absolute Gasteiger partial charge is 0.339 e. The van der Waals surface area contributed by atoms with Gasteiger partial charge in [0.1, 0.15) is 26.4 Å². The van der Waals surface area contributed by atoms with E-state index in [0.29, 0.717) is 5.56 Å². The Hall–Kier alpha value is -2.70. The normalized spacial score (nSPS) is 9.83. The van der Waals surface area contributed by atoms with Gasteiger partial charge in [-0.3, -0.25) is 0 Å². The first-order valence-corrected chi connectivity index (χ1v) is 7.18. The molecule has 0 radical (unpaired) electrons. The van der Waals surface area contributed by atoms with Crippen molar-refractivity contribution in [2.45, 2.75) is 6.61 Å². The first kappa shape index (κ1) is 19.3. The molecule has 0 saturated heterocycles. The maximum absolute atomic E-state index is 12.1. The fourth-order valence-electron chi connectivity index (χ4n) is 1.66. The highest BCUT2D eigenvalue weighted by Crippen LogP contribution is 2.16. The highest BCUT2D eigenvalue weighted by atomic mass is 17.2. The molecule has 0 fully saturated rings. The first-order chi connectivity index (χ1) is 11.6. The van der Waals surface area contributed by atoms with Crippen LogP contribution < -0.4 is 0 Å². The molecule has 0 bridgehead atoms. The Morgan fingerprint density at radius 2 is 1.42 bits per heavy atom. The van der Waals surface area contributed by atoms with Crippen molar-refractivity contribution in [1.29, 1.82) is 0 Å². The molecule has 1 aromatic rings. The molecule has 0 atom stereocenters. The van der Waals surface area contributed by atoms with Gasteiger partial charge in [-0.2, -0.15) is 0 Å². The largest absolute Gasteiger partial charge is 0.458 e. The van der Waals surface area contributed by atoms with E-state index in [1.807, 2.05) is 0 Å². The summed E-state index contributed by atoms with van der Waals surface area (Å²) in [5.41, 5.74) is 0.808. The fourth-order valence-corrected chi connectivity index (χ4v) is 1.66. The molecule has 128 valence electrons. The van der Waals surface area contributed by atoms with Gasteiger partial charge in [0.25, 0.3) is 0 Å². The summed E-state index contributed by atoms with van der Waals surface area (Å²) >= 11 is 0. The minimum atomic E-state index is -0.658. The van der Waals surface area contributed by atoms with Crippen LogP contribution in [0.2, 0.25) is 0 Å². The molecule has 0 aliphatic rings. The average Bonchev–Trinajstić information content (AvgIpc) is 2.61. The van der Waals surface area contributed by atoms with E-state index in [9.17, 15) is 9.59 Å². The predicted octanol–water partition coefficient (Wildman–Crippen LogP) is 3.01. The van der Waals surface area contributed by atoms with Gasteiger partial charge >= 0.3 is 11.9 Å². The molecule has 0 spiro atoms. The zero-order valence-corrected chi connectivity index (χ0v) is 13.4. The monoisotopic (exact) mass is 332 g/mol. The SMILES string of the molecule is C=CCOOCc1ccc(C(=O)OCC=C)c(C(=O)OCC=C)c1. The van der Waals surface area contributed by atoms with E-state index in [2.05, 4.69) is 19.7 Å². The molecular formula is C18H20O6. The summed E-state index contributed by atoms with van der Waals surface area (Å²) in [6.07, 6.45) is 4.41. The Labute approximate surface area is 140 Å². The van der Waals surface area contributed by atoms with Crippen molar-refractivity contribution in [3.05, 3.63) is 72.9 Å². The molecule has 6 nitrogen and oxygen atoms in total. The van der Waals surface area contributed by atoms with Crippen molar-refractivity contribution in [1.82, 2.24) is 0 Å². The predicted molar refractivity (Wildman–Crippen MR) is 88.3 cm³/mol. The van der Waals surface area contributed by atoms with E-state index in [1.165, 1.54) is 30.4 Å². The number of hydrogen-bond donors (Lipinski definition) is 0. The molecule has 0 aliphatic carbocycles. The van der Waals surface area contributed by atoms with Crippen LogP contribution in [0.4, 0.5) is 0 Å². The number of carbonyl (C=O) groups excluding carboxylic acids is 2. The first-order valence-electron chi connectivity index (χ1n) is 7.18. The Bertz CT molecular complexity index is 606. The van der Waals surface area contributed by atoms with E-state index < -0.39 is 11.9 Å². The van der Waals surface area contributed by atoms with Crippen LogP contribution in [0, 0.1) is 0 Å². The van der Waals surface area contributed by atoms with Gasteiger partial charge in [0.15, 0.2) is 0 Å². The average molecular weight is 332 g/mol. The number of rotatable bonds is 11. The second-order valence-corrected chi connectivity index (χ2v) is 4.49. The van der Waals surface area contributed by atoms with Gasteiger partial charge in [-0.1, -0.05) is 37.5 Å². The summed E-state index contributed by atoms with van der Waals surface area (Å²) in [7, 11) is 0. The lowest BCUT2D eigenvalue weighted by Gasteiger charge is -2.10. The van der Waals surface area contributed by atoms with Crippen molar-refractivity contribution >= 4 is 11.9 Å². The number of carbonyl (C=O) groups is 2. The van der Waals surface area contributed by atoms with Gasteiger partial charge in [0.05, 0.1) is 11.1 Å². The Balaban J connectivity index is 2.97. The molecule has 0 amide bonds. The summed E-state index contributed by atoms with van der Waals surface area (Å²) in [4.78, 5) is 34.0. The third kappa shape index (κ3) is 6.20. The zero-order chi connectivity index (χ0) is 17.8. The lowest BCUT2D eigenvalue weighted by atomic mass is 10.0. The van der Waals surface area contributed by atoms with Gasteiger partial charge in [0, 0.05) is 0 Å². The number of ether oxygens (including phenoxy) is 2. The van der Waals surface area contributed by atoms with E-state index >= 15 is 0 Å². The van der Waals surface area contributed by atoms with Crippen molar-refractivity contribution < 1.29 is 28.8 Å². The molecule has 0 heterocycles. The molecule has 0 aromatic heterocycles. The Kier molecular flexibility index (Phi) is 8.81. The maximum atomic E-state index is 12.1. The van der Waals surface area contributed by atoms with Gasteiger partial charge < -0.3 is 9.47 Å². The van der Waals surface area contributed by atoms with Crippen LogP contribution in [0.1, 0.15) is 26.3 Å². The van der Waals surface area contributed by atoms with Crippen LogP contribution >= 0.6 is 0 Å². The molecule has 0 aliphatic heterocycles. The molecular weight excluding hydrogens is 312 g/mol. The minimum Gasteiger partial charge on any atom is -0.458 e. The number of esters is 2. The fraction of sp³-hybridized carbons (Fsp3) is 0.222. The van der Waals surface area contributed by atoms with E-state index in [0.717, 1.165) is 0 Å². The van der Waals surface area contributed by atoms with Crippen LogP contribution in [0.5, 0.6) is 0 Å². The van der Waals surface area contributed by atoms with Crippen LogP contribution in [-0.4, -0.2) is 31.8 Å². The quantitative estimate of drug-likeness (QED) is 0.204. The highest BCUT2D eigenvalue weighted by Gasteiger charge is 2.20. The Morgan fingerprint density at radius 3 is 2.00 bits per heavy atom. The molecule has 0 saturated carbocycles. The van der Waals surface area contributed by atoms with E-state index in [4.69, 9.17) is 19.2 Å². The Morgan fingerprint density at radius 1 is 0.833 bits per heavy atom. The summed E-state index contributed by atoms with van der Waals surface area (Å²) in [5, 5.41) is 0. The van der Waals surface area contributed by atoms with Crippen molar-refractivity contribution in [3.8, 4) is 0 Å². The summed E-state index contributed by atoms with van der Waals surface area (Å²) < 4.78 is 9.97. The standard InChI is InChI=1S/C18H20O6/c1-4-9-21-17(19)15-8-7-14(13-24-23-11-6-3)12-16(15)18(20)22-10-5-2/h4-8,12H,1-3,9-11,13H2. The molecule has 6 heteroatoms. The van der Waals surface area contributed by atoms with Gasteiger partial charge in [-0.05, 0) is 17.7 Å². The number of hydrogen-bond acceptors (Lipinski definition) is 6. The topological polar surface area (TPSA) is 71.1 Å². The molecule has 1 aromatic carbocycles. The molecule has 0 unspecified atom stereocenters. The van der Waals surface area contributed by atoms with E-state index in [-0.39, 0.29) is 37.6 Å². The van der Waals surface area contributed by atoms with Crippen molar-refractivity contribution in [3.63, 3.8) is 0 Å². The zero-order valence-electron chi connectivity index (χ0n) is 13.4. The van der Waals surface area contributed by atoms with Crippen LogP contribution in [-0.2, 0) is 25.9 Å². The third-order valence-corrected chi connectivity index (χ3v) is 2.68. The lowest BCUT2D eigenvalue weighted by molar-refractivity contribution is -0.295. The van der Waals surface area contributed by atoms with E-state index in [1.54, 1.807) is 6.07 Å². The maximum Gasteiger partial charge on any atom is 0.339 e. The van der Waals surface area contributed by atoms with Crippen molar-refractivity contribution in [2.24, 2.45) is 0 Å². The summed E-state index contributed by atoms with van der Waals surface area (Å²) in [6, 6.07) is 4.60. The van der Waals surface area contributed by atoms with Gasteiger partial charge in [-0.25, -0.2) is 19.4 Å². The molecule has 24 heavy (non-hydrogen) atoms. The third-order valence-electron chi connectivity index (χ3n) is 2.68. The molecule has 1 rings (SSSR count). The van der Waals surface area contributed by atoms with Crippen LogP contribution in [0.25, 0.3) is 0 Å². The number of benzene rings is 1. The highest BCUT2D eigenvalue weighted by molar-refractivity contribution is 6.03. The van der Waals surface area contributed by atoms with Gasteiger partial charge in [-0.15, -0.1) is 6.58 Å². The van der Waals surface area contributed by atoms with Crippen LogP contribution in [0.3, 0.4) is 0 Å². The second kappa shape index (κ2) is 10.9. The molecule has 0 N–H and O–H groups in total. The minimum absolute atomic E-state index is 0.0309. The van der Waals surface area contributed by atoms with Crippen LogP contribution in [0.15, 0.2) is 56.2 Å². The second-order valence-electron chi connectivity index (χ2n) is 4.49. The summed E-state index contributed by atoms with van der Waals surface area (Å²) in [6.45, 7) is 10.8. The summed E-state index contributed by atoms with van der Waals surface area (Å²) in [5.74, 6) is -1.30. The van der Waals surface area contributed by atoms with Gasteiger partial charge in [0.2, 0.25) is 0 Å². The lowest BCUT2D eigenvalue weighted by Crippen LogP contribution is -2.15. The van der Waals surface area contributed by atoms with Crippen molar-refractivity contribution in [2.75, 3.05) is 19.8 Å².